The Morgan fingerprint density at radius 3 is 2.53 bits per heavy atom. The van der Waals surface area contributed by atoms with Crippen LogP contribution in [-0.2, 0) is 11.2 Å². The second kappa shape index (κ2) is 4.68. The van der Waals surface area contributed by atoms with Gasteiger partial charge in [0.15, 0.2) is 11.5 Å². The maximum atomic E-state index is 11.4. The van der Waals surface area contributed by atoms with Crippen LogP contribution in [-0.4, -0.2) is 25.3 Å². The van der Waals surface area contributed by atoms with Crippen LogP contribution in [0.15, 0.2) is 12.1 Å². The van der Waals surface area contributed by atoms with Crippen molar-refractivity contribution in [2.24, 2.45) is 0 Å². The number of carbonyl (C=O) groups is 1. The lowest BCUT2D eigenvalue weighted by Gasteiger charge is -2.10. The highest BCUT2D eigenvalue weighted by Crippen LogP contribution is 2.30. The molecule has 4 heteroatoms. The average Bonchev–Trinajstić information content (AvgIpc) is 2.27. The van der Waals surface area contributed by atoms with Crippen molar-refractivity contribution >= 4 is 5.97 Å². The third kappa shape index (κ3) is 2.21. The number of carbonyl (C=O) groups excluding carboxylic acids is 1. The fraction of sp³-hybridized carbons (Fsp3) is 0.364. The Morgan fingerprint density at radius 2 is 2.07 bits per heavy atom. The van der Waals surface area contributed by atoms with Crippen molar-refractivity contribution in [1.82, 2.24) is 0 Å². The van der Waals surface area contributed by atoms with E-state index in [0.717, 1.165) is 5.56 Å². The first-order valence-electron chi connectivity index (χ1n) is 4.62. The highest BCUT2D eigenvalue weighted by atomic mass is 16.5. The molecule has 1 aromatic rings. The summed E-state index contributed by atoms with van der Waals surface area (Å²) in [7, 11) is 2.77. The van der Waals surface area contributed by atoms with E-state index in [0.29, 0.717) is 17.7 Å². The van der Waals surface area contributed by atoms with Crippen LogP contribution in [0.2, 0.25) is 0 Å². The summed E-state index contributed by atoms with van der Waals surface area (Å²) in [5.41, 5.74) is 1.16. The van der Waals surface area contributed by atoms with Crippen LogP contribution in [0.25, 0.3) is 0 Å². The standard InChI is InChI=1S/C11H14O4/c1-4-7-5-10(14-2)9(12)6-8(7)11(13)15-3/h5-6,12H,4H2,1-3H3. The Kier molecular flexibility index (Phi) is 3.55. The molecule has 1 aromatic carbocycles. The molecule has 0 saturated heterocycles. The number of ether oxygens (including phenoxy) is 2. The molecule has 0 aromatic heterocycles. The molecule has 0 aliphatic rings. The molecule has 15 heavy (non-hydrogen) atoms. The van der Waals surface area contributed by atoms with E-state index in [1.165, 1.54) is 20.3 Å². The number of aryl methyl sites for hydroxylation is 1. The van der Waals surface area contributed by atoms with Crippen molar-refractivity contribution in [3.8, 4) is 11.5 Å². The largest absolute Gasteiger partial charge is 0.504 e. The molecule has 0 fully saturated rings. The lowest BCUT2D eigenvalue weighted by Crippen LogP contribution is -2.05. The molecule has 0 aliphatic heterocycles. The highest BCUT2D eigenvalue weighted by molar-refractivity contribution is 5.92. The molecule has 0 heterocycles. The van der Waals surface area contributed by atoms with Crippen molar-refractivity contribution in [2.75, 3.05) is 14.2 Å². The molecule has 0 unspecified atom stereocenters. The molecular weight excluding hydrogens is 196 g/mol. The zero-order valence-electron chi connectivity index (χ0n) is 9.03. The quantitative estimate of drug-likeness (QED) is 0.772. The van der Waals surface area contributed by atoms with Gasteiger partial charge in [-0.25, -0.2) is 4.79 Å². The first-order chi connectivity index (χ1) is 7.13. The molecule has 0 aliphatic carbocycles. The highest BCUT2D eigenvalue weighted by Gasteiger charge is 2.14. The SMILES string of the molecule is CCc1cc(OC)c(O)cc1C(=O)OC. The first-order valence-corrected chi connectivity index (χ1v) is 4.62. The van der Waals surface area contributed by atoms with Crippen molar-refractivity contribution in [1.29, 1.82) is 0 Å². The number of phenols is 1. The van der Waals surface area contributed by atoms with E-state index < -0.39 is 5.97 Å². The molecule has 0 spiro atoms. The number of aromatic hydroxyl groups is 1. The van der Waals surface area contributed by atoms with Crippen LogP contribution < -0.4 is 4.74 Å². The van der Waals surface area contributed by atoms with Crippen molar-refractivity contribution in [3.63, 3.8) is 0 Å². The number of esters is 1. The maximum Gasteiger partial charge on any atom is 0.338 e. The number of phenolic OH excluding ortho intramolecular Hbond substituents is 1. The van der Waals surface area contributed by atoms with E-state index >= 15 is 0 Å². The van der Waals surface area contributed by atoms with E-state index in [2.05, 4.69) is 4.74 Å². The van der Waals surface area contributed by atoms with Crippen LogP contribution in [0.4, 0.5) is 0 Å². The normalized spacial score (nSPS) is 9.80. The van der Waals surface area contributed by atoms with Gasteiger partial charge in [-0.05, 0) is 24.1 Å². The molecule has 0 radical (unpaired) electrons. The zero-order chi connectivity index (χ0) is 11.4. The monoisotopic (exact) mass is 210 g/mol. The van der Waals surface area contributed by atoms with Crippen LogP contribution in [0.5, 0.6) is 11.5 Å². The van der Waals surface area contributed by atoms with Crippen LogP contribution >= 0.6 is 0 Å². The van der Waals surface area contributed by atoms with Gasteiger partial charge in [0.1, 0.15) is 0 Å². The summed E-state index contributed by atoms with van der Waals surface area (Å²) in [6.45, 7) is 1.91. The number of methoxy groups -OCH3 is 2. The average molecular weight is 210 g/mol. The van der Waals surface area contributed by atoms with Crippen molar-refractivity contribution in [2.45, 2.75) is 13.3 Å². The van der Waals surface area contributed by atoms with E-state index in [9.17, 15) is 9.90 Å². The number of hydrogen-bond donors (Lipinski definition) is 1. The molecule has 0 atom stereocenters. The molecular formula is C11H14O4. The summed E-state index contributed by atoms with van der Waals surface area (Å²) >= 11 is 0. The van der Waals surface area contributed by atoms with Gasteiger partial charge in [0.2, 0.25) is 0 Å². The fourth-order valence-electron chi connectivity index (χ4n) is 1.37. The topological polar surface area (TPSA) is 55.8 Å². The molecule has 1 rings (SSSR count). The second-order valence-corrected chi connectivity index (χ2v) is 3.03. The minimum absolute atomic E-state index is 0.0601. The predicted molar refractivity (Wildman–Crippen MR) is 55.4 cm³/mol. The van der Waals surface area contributed by atoms with Crippen LogP contribution in [0.3, 0.4) is 0 Å². The van der Waals surface area contributed by atoms with Gasteiger partial charge in [-0.1, -0.05) is 6.92 Å². The van der Waals surface area contributed by atoms with Gasteiger partial charge in [-0.3, -0.25) is 0 Å². The van der Waals surface area contributed by atoms with Crippen LogP contribution in [0.1, 0.15) is 22.8 Å². The molecule has 0 saturated carbocycles. The van der Waals surface area contributed by atoms with Gasteiger partial charge in [0, 0.05) is 0 Å². The summed E-state index contributed by atoms with van der Waals surface area (Å²) in [6, 6.07) is 3.01. The van der Waals surface area contributed by atoms with Crippen molar-refractivity contribution in [3.05, 3.63) is 23.3 Å². The van der Waals surface area contributed by atoms with Gasteiger partial charge in [-0.15, -0.1) is 0 Å². The zero-order valence-corrected chi connectivity index (χ0v) is 9.03. The Bertz CT molecular complexity index is 371. The minimum atomic E-state index is -0.454. The number of rotatable bonds is 3. The lowest BCUT2D eigenvalue weighted by molar-refractivity contribution is 0.0599. The van der Waals surface area contributed by atoms with E-state index in [1.54, 1.807) is 6.07 Å². The Morgan fingerprint density at radius 1 is 1.40 bits per heavy atom. The Balaban J connectivity index is 3.27. The predicted octanol–water partition coefficient (Wildman–Crippen LogP) is 1.75. The lowest BCUT2D eigenvalue weighted by atomic mass is 10.0. The van der Waals surface area contributed by atoms with Crippen LogP contribution in [0, 0.1) is 0 Å². The van der Waals surface area contributed by atoms with E-state index in [1.807, 2.05) is 6.92 Å². The first kappa shape index (κ1) is 11.4. The fourth-order valence-corrected chi connectivity index (χ4v) is 1.37. The third-order valence-corrected chi connectivity index (χ3v) is 2.19. The molecule has 0 amide bonds. The second-order valence-electron chi connectivity index (χ2n) is 3.03. The van der Waals surface area contributed by atoms with Gasteiger partial charge >= 0.3 is 5.97 Å². The maximum absolute atomic E-state index is 11.4. The van der Waals surface area contributed by atoms with Crippen molar-refractivity contribution < 1.29 is 19.4 Å². The van der Waals surface area contributed by atoms with Gasteiger partial charge < -0.3 is 14.6 Å². The van der Waals surface area contributed by atoms with Gasteiger partial charge in [0.05, 0.1) is 19.8 Å². The molecule has 82 valence electrons. The van der Waals surface area contributed by atoms with E-state index in [-0.39, 0.29) is 5.75 Å². The third-order valence-electron chi connectivity index (χ3n) is 2.19. The Labute approximate surface area is 88.4 Å². The summed E-state index contributed by atoms with van der Waals surface area (Å²) in [4.78, 5) is 11.4. The number of benzene rings is 1. The van der Waals surface area contributed by atoms with Gasteiger partial charge in [0.25, 0.3) is 0 Å². The summed E-state index contributed by atoms with van der Waals surface area (Å²) in [5, 5.41) is 9.52. The smallest absolute Gasteiger partial charge is 0.338 e. The molecule has 1 N–H and O–H groups in total. The molecule has 4 nitrogen and oxygen atoms in total. The summed E-state index contributed by atoms with van der Waals surface area (Å²) in [5.74, 6) is -0.153. The van der Waals surface area contributed by atoms with Gasteiger partial charge in [-0.2, -0.15) is 0 Å². The summed E-state index contributed by atoms with van der Waals surface area (Å²) in [6.07, 6.45) is 0.668. The minimum Gasteiger partial charge on any atom is -0.504 e. The Hall–Kier alpha value is -1.71. The molecule has 0 bridgehead atoms. The van der Waals surface area contributed by atoms with E-state index in [4.69, 9.17) is 4.74 Å². The number of hydrogen-bond acceptors (Lipinski definition) is 4. The summed E-state index contributed by atoms with van der Waals surface area (Å²) < 4.78 is 9.57.